The summed E-state index contributed by atoms with van der Waals surface area (Å²) in [5, 5.41) is 12.7. The topological polar surface area (TPSA) is 61.0 Å². The molecule has 27 heavy (non-hydrogen) atoms. The smallest absolute Gasteiger partial charge is 0.231 e. The molecule has 1 aliphatic rings. The highest BCUT2D eigenvalue weighted by Gasteiger charge is 2.50. The quantitative estimate of drug-likeness (QED) is 0.669. The van der Waals surface area contributed by atoms with Crippen molar-refractivity contribution in [3.63, 3.8) is 0 Å². The Labute approximate surface area is 160 Å². The molecular weight excluding hydrogens is 363 g/mol. The van der Waals surface area contributed by atoms with Gasteiger partial charge in [0, 0.05) is 22.9 Å². The SMILES string of the molecule is CN(C)CC1(C(=O)Nc2cc3c(C=Cc4cccs4)n[nH]c3cc2F)CC1. The first-order valence-electron chi connectivity index (χ1n) is 8.82. The van der Waals surface area contributed by atoms with E-state index in [0.717, 1.165) is 23.1 Å². The van der Waals surface area contributed by atoms with Gasteiger partial charge in [-0.25, -0.2) is 4.39 Å². The number of aromatic nitrogens is 2. The van der Waals surface area contributed by atoms with Gasteiger partial charge in [-0.05, 0) is 56.6 Å². The van der Waals surface area contributed by atoms with Gasteiger partial charge in [-0.3, -0.25) is 9.89 Å². The summed E-state index contributed by atoms with van der Waals surface area (Å²) in [7, 11) is 3.88. The Bertz CT molecular complexity index is 1000. The number of nitrogens with one attached hydrogen (secondary N) is 2. The summed E-state index contributed by atoms with van der Waals surface area (Å²) in [5.74, 6) is -0.581. The molecule has 0 unspecified atom stereocenters. The zero-order valence-corrected chi connectivity index (χ0v) is 16.1. The summed E-state index contributed by atoms with van der Waals surface area (Å²) < 4.78 is 14.5. The molecule has 0 saturated heterocycles. The van der Waals surface area contributed by atoms with Crippen molar-refractivity contribution in [3.8, 4) is 0 Å². The number of amides is 1. The van der Waals surface area contributed by atoms with Gasteiger partial charge in [0.15, 0.2) is 0 Å². The lowest BCUT2D eigenvalue weighted by molar-refractivity contribution is -0.121. The molecule has 140 valence electrons. The molecule has 0 atom stereocenters. The number of halogens is 1. The molecule has 4 rings (SSSR count). The number of thiophene rings is 1. The van der Waals surface area contributed by atoms with Crippen LogP contribution in [0.1, 0.15) is 23.4 Å². The predicted octanol–water partition coefficient (Wildman–Crippen LogP) is 4.21. The van der Waals surface area contributed by atoms with Gasteiger partial charge in [0.05, 0.1) is 22.3 Å². The van der Waals surface area contributed by atoms with Crippen molar-refractivity contribution in [1.82, 2.24) is 15.1 Å². The molecule has 1 amide bonds. The number of rotatable bonds is 6. The molecule has 7 heteroatoms. The maximum absolute atomic E-state index is 14.5. The van der Waals surface area contributed by atoms with Gasteiger partial charge in [-0.2, -0.15) is 5.10 Å². The van der Waals surface area contributed by atoms with Crippen molar-refractivity contribution in [2.24, 2.45) is 5.41 Å². The molecule has 1 saturated carbocycles. The van der Waals surface area contributed by atoms with Crippen molar-refractivity contribution in [2.75, 3.05) is 26.0 Å². The van der Waals surface area contributed by atoms with Crippen LogP contribution in [0.2, 0.25) is 0 Å². The normalized spacial score (nSPS) is 15.7. The molecule has 0 radical (unpaired) electrons. The van der Waals surface area contributed by atoms with Crippen molar-refractivity contribution in [1.29, 1.82) is 0 Å². The maximum Gasteiger partial charge on any atom is 0.231 e. The third-order valence-corrected chi connectivity index (χ3v) is 5.67. The second-order valence-corrected chi connectivity index (χ2v) is 8.29. The highest BCUT2D eigenvalue weighted by Crippen LogP contribution is 2.47. The molecule has 0 aliphatic heterocycles. The minimum atomic E-state index is -0.464. The van der Waals surface area contributed by atoms with Crippen LogP contribution in [0, 0.1) is 11.2 Å². The molecule has 1 aromatic carbocycles. The number of anilines is 1. The van der Waals surface area contributed by atoms with Gasteiger partial charge in [-0.15, -0.1) is 11.3 Å². The van der Waals surface area contributed by atoms with Crippen molar-refractivity contribution >= 4 is 46.0 Å². The fraction of sp³-hybridized carbons (Fsp3) is 0.300. The number of hydrogen-bond acceptors (Lipinski definition) is 4. The standard InChI is InChI=1S/C20H21FN4OS/c1-25(2)12-20(7-8-20)19(26)22-18-10-14-16(6-5-13-4-3-9-27-13)23-24-17(14)11-15(18)21/h3-6,9-11H,7-8,12H2,1-2H3,(H,22,26)(H,23,24). The fourth-order valence-corrected chi connectivity index (χ4v) is 3.91. The minimum Gasteiger partial charge on any atom is -0.323 e. The van der Waals surface area contributed by atoms with E-state index in [1.54, 1.807) is 17.4 Å². The molecule has 5 nitrogen and oxygen atoms in total. The molecule has 0 spiro atoms. The monoisotopic (exact) mass is 384 g/mol. The number of aromatic amines is 1. The van der Waals surface area contributed by atoms with Crippen LogP contribution < -0.4 is 5.32 Å². The molecular formula is C20H21FN4OS. The fourth-order valence-electron chi connectivity index (χ4n) is 3.30. The highest BCUT2D eigenvalue weighted by atomic mass is 32.1. The van der Waals surface area contributed by atoms with E-state index in [2.05, 4.69) is 15.5 Å². The van der Waals surface area contributed by atoms with E-state index in [-0.39, 0.29) is 11.6 Å². The van der Waals surface area contributed by atoms with E-state index in [0.29, 0.717) is 17.8 Å². The Morgan fingerprint density at radius 1 is 1.41 bits per heavy atom. The van der Waals surface area contributed by atoms with Crippen LogP contribution in [0.5, 0.6) is 0 Å². The number of fused-ring (bicyclic) bond motifs is 1. The first-order chi connectivity index (χ1) is 13.0. The Balaban J connectivity index is 1.61. The van der Waals surface area contributed by atoms with Crippen molar-refractivity contribution < 1.29 is 9.18 Å². The summed E-state index contributed by atoms with van der Waals surface area (Å²) in [5.41, 5.74) is 1.11. The lowest BCUT2D eigenvalue weighted by Crippen LogP contribution is -2.33. The van der Waals surface area contributed by atoms with Gasteiger partial charge in [0.25, 0.3) is 0 Å². The van der Waals surface area contributed by atoms with E-state index in [1.165, 1.54) is 6.07 Å². The summed E-state index contributed by atoms with van der Waals surface area (Å²) in [6.45, 7) is 0.670. The largest absolute Gasteiger partial charge is 0.323 e. The number of benzene rings is 1. The van der Waals surface area contributed by atoms with Gasteiger partial charge in [-0.1, -0.05) is 6.07 Å². The molecule has 2 heterocycles. The Hall–Kier alpha value is -2.51. The van der Waals surface area contributed by atoms with Crippen LogP contribution in [-0.4, -0.2) is 41.6 Å². The van der Waals surface area contributed by atoms with E-state index >= 15 is 0 Å². The number of carbonyl (C=O) groups excluding carboxylic acids is 1. The van der Waals surface area contributed by atoms with Crippen LogP contribution in [0.25, 0.3) is 23.1 Å². The highest BCUT2D eigenvalue weighted by molar-refractivity contribution is 7.10. The zero-order valence-electron chi connectivity index (χ0n) is 15.3. The third kappa shape index (κ3) is 3.65. The number of hydrogen-bond donors (Lipinski definition) is 2. The molecule has 3 aromatic rings. The van der Waals surface area contributed by atoms with E-state index in [1.807, 2.05) is 48.7 Å². The Kier molecular flexibility index (Phi) is 4.57. The van der Waals surface area contributed by atoms with Gasteiger partial charge >= 0.3 is 0 Å². The third-order valence-electron chi connectivity index (χ3n) is 4.83. The average Bonchev–Trinajstić information content (AvgIpc) is 3.04. The van der Waals surface area contributed by atoms with E-state index < -0.39 is 11.2 Å². The molecule has 1 fully saturated rings. The zero-order chi connectivity index (χ0) is 19.0. The predicted molar refractivity (Wildman–Crippen MR) is 108 cm³/mol. The van der Waals surface area contributed by atoms with Gasteiger partial charge in [0.1, 0.15) is 5.82 Å². The van der Waals surface area contributed by atoms with Crippen molar-refractivity contribution in [2.45, 2.75) is 12.8 Å². The number of H-pyrrole nitrogens is 1. The summed E-state index contributed by atoms with van der Waals surface area (Å²) in [6, 6.07) is 7.04. The van der Waals surface area contributed by atoms with E-state index in [9.17, 15) is 9.18 Å². The number of nitrogens with zero attached hydrogens (tertiary/aromatic N) is 2. The van der Waals surface area contributed by atoms with Crippen LogP contribution in [0.4, 0.5) is 10.1 Å². The Morgan fingerprint density at radius 3 is 2.89 bits per heavy atom. The lowest BCUT2D eigenvalue weighted by atomic mass is 10.1. The van der Waals surface area contributed by atoms with Gasteiger partial charge < -0.3 is 10.2 Å². The molecule has 1 aliphatic carbocycles. The first-order valence-corrected chi connectivity index (χ1v) is 9.70. The van der Waals surface area contributed by atoms with Crippen LogP contribution >= 0.6 is 11.3 Å². The van der Waals surface area contributed by atoms with Crippen molar-refractivity contribution in [3.05, 3.63) is 46.0 Å². The van der Waals surface area contributed by atoms with Crippen LogP contribution in [0.15, 0.2) is 29.6 Å². The average molecular weight is 384 g/mol. The second kappa shape index (κ2) is 6.90. The molecule has 0 bridgehead atoms. The maximum atomic E-state index is 14.5. The lowest BCUT2D eigenvalue weighted by Gasteiger charge is -2.19. The van der Waals surface area contributed by atoms with E-state index in [4.69, 9.17) is 0 Å². The molecule has 2 aromatic heterocycles. The minimum absolute atomic E-state index is 0.117. The van der Waals surface area contributed by atoms with Crippen LogP contribution in [-0.2, 0) is 4.79 Å². The summed E-state index contributed by atoms with van der Waals surface area (Å²) >= 11 is 1.63. The first kappa shape index (κ1) is 17.9. The van der Waals surface area contributed by atoms with Gasteiger partial charge in [0.2, 0.25) is 5.91 Å². The molecule has 2 N–H and O–H groups in total. The van der Waals surface area contributed by atoms with Crippen LogP contribution in [0.3, 0.4) is 0 Å². The summed E-state index contributed by atoms with van der Waals surface area (Å²) in [6.07, 6.45) is 5.53. The summed E-state index contributed by atoms with van der Waals surface area (Å²) in [4.78, 5) is 15.8. The second-order valence-electron chi connectivity index (χ2n) is 7.31. The Morgan fingerprint density at radius 2 is 2.22 bits per heavy atom. The number of carbonyl (C=O) groups is 1.